The Hall–Kier alpha value is -10.1. The van der Waals surface area contributed by atoms with E-state index >= 15 is 0 Å². The van der Waals surface area contributed by atoms with Crippen molar-refractivity contribution in [2.24, 2.45) is 0 Å². The number of hydrogen-bond donors (Lipinski definition) is 0. The third kappa shape index (κ3) is 18.7. The van der Waals surface area contributed by atoms with E-state index in [4.69, 9.17) is 66.3 Å². The summed E-state index contributed by atoms with van der Waals surface area (Å²) in [7, 11) is 0. The maximum Gasteiger partial charge on any atom is 0.343 e. The average Bonchev–Trinajstić information content (AvgIpc) is 3.43. The molecule has 0 radical (unpaired) electrons. The van der Waals surface area contributed by atoms with Gasteiger partial charge in [-0.05, 0) is 101 Å². The molecule has 22 nitrogen and oxygen atoms in total. The summed E-state index contributed by atoms with van der Waals surface area (Å²) in [5.41, 5.74) is 1.29. The highest BCUT2D eigenvalue weighted by molar-refractivity contribution is 5.94. The van der Waals surface area contributed by atoms with E-state index in [0.717, 1.165) is 0 Å². The Labute approximate surface area is 447 Å². The molecule has 4 aromatic carbocycles. The molecule has 0 saturated carbocycles. The molecule has 0 fully saturated rings. The maximum absolute atomic E-state index is 13.7. The molecule has 0 N–H and O–H groups in total. The zero-order valence-corrected chi connectivity index (χ0v) is 43.4. The third-order valence-electron chi connectivity index (χ3n) is 9.47. The highest BCUT2D eigenvalue weighted by atomic mass is 16.7. The molecule has 22 heteroatoms. The maximum atomic E-state index is 13.7. The second-order valence-electron chi connectivity index (χ2n) is 16.3. The molecule has 0 heterocycles. The lowest BCUT2D eigenvalue weighted by Gasteiger charge is -2.18. The average molecular weight is 1080 g/mol. The number of rotatable bonds is 29. The van der Waals surface area contributed by atoms with Crippen LogP contribution >= 0.6 is 0 Å². The molecule has 0 aromatic heterocycles. The van der Waals surface area contributed by atoms with Gasteiger partial charge in [0.25, 0.3) is 0 Å². The minimum Gasteiger partial charge on any atom is -0.453 e. The summed E-state index contributed by atoms with van der Waals surface area (Å²) in [6.45, 7) is 25.3. The van der Waals surface area contributed by atoms with Crippen LogP contribution in [0.25, 0.3) is 11.1 Å². The lowest BCUT2D eigenvalue weighted by molar-refractivity contribution is -0.148. The van der Waals surface area contributed by atoms with Crippen LogP contribution in [-0.4, -0.2) is 88.5 Å². The van der Waals surface area contributed by atoms with Gasteiger partial charge in [0.2, 0.25) is 52.3 Å². The molecule has 0 aliphatic rings. The Kier molecular flexibility index (Phi) is 22.5. The highest BCUT2D eigenvalue weighted by Gasteiger charge is 2.25. The fourth-order valence-electron chi connectivity index (χ4n) is 5.47. The van der Waals surface area contributed by atoms with Crippen LogP contribution < -0.4 is 37.9 Å². The van der Waals surface area contributed by atoms with Crippen LogP contribution in [0.5, 0.6) is 46.0 Å². The molecule has 0 saturated heterocycles. The van der Waals surface area contributed by atoms with Crippen LogP contribution in [0.4, 0.5) is 0 Å². The number of carbonyl (C=O) groups excluding carboxylic acids is 8. The Bertz CT molecular complexity index is 2710. The zero-order chi connectivity index (χ0) is 57.6. The predicted octanol–water partition coefficient (Wildman–Crippen LogP) is 8.53. The van der Waals surface area contributed by atoms with Gasteiger partial charge in [-0.2, -0.15) is 0 Å². The summed E-state index contributed by atoms with van der Waals surface area (Å²) in [4.78, 5) is 100. The first kappa shape index (κ1) is 60.4. The highest BCUT2D eigenvalue weighted by Crippen LogP contribution is 2.41. The van der Waals surface area contributed by atoms with Crippen molar-refractivity contribution in [3.8, 4) is 57.1 Å². The van der Waals surface area contributed by atoms with E-state index in [1.807, 2.05) is 0 Å². The van der Waals surface area contributed by atoms with Crippen molar-refractivity contribution >= 4 is 47.8 Å². The van der Waals surface area contributed by atoms with Crippen LogP contribution in [-0.2, 0) is 57.2 Å². The Balaban J connectivity index is 1.58. The minimum absolute atomic E-state index is 0.0659. The van der Waals surface area contributed by atoms with Crippen molar-refractivity contribution in [2.45, 2.75) is 41.5 Å². The van der Waals surface area contributed by atoms with E-state index in [2.05, 4.69) is 39.5 Å². The monoisotopic (exact) mass is 1080 g/mol. The van der Waals surface area contributed by atoms with Crippen LogP contribution in [0.3, 0.4) is 0 Å². The van der Waals surface area contributed by atoms with Crippen LogP contribution in [0.2, 0.25) is 0 Å². The molecule has 0 amide bonds. The largest absolute Gasteiger partial charge is 0.453 e. The van der Waals surface area contributed by atoms with Gasteiger partial charge < -0.3 is 66.3 Å². The van der Waals surface area contributed by atoms with Gasteiger partial charge in [0.1, 0.15) is 11.5 Å². The third-order valence-corrected chi connectivity index (χ3v) is 9.47. The number of ether oxygens (including phenoxy) is 14. The van der Waals surface area contributed by atoms with Gasteiger partial charge in [-0.1, -0.05) is 63.7 Å². The van der Waals surface area contributed by atoms with Crippen LogP contribution in [0.1, 0.15) is 62.3 Å². The number of hydrogen-bond acceptors (Lipinski definition) is 22. The molecule has 0 atom stereocenters. The zero-order valence-electron chi connectivity index (χ0n) is 43.4. The molecule has 4 rings (SSSR count). The van der Waals surface area contributed by atoms with E-state index in [-0.39, 0.29) is 90.6 Å². The van der Waals surface area contributed by atoms with Crippen molar-refractivity contribution in [3.05, 3.63) is 157 Å². The van der Waals surface area contributed by atoms with Crippen molar-refractivity contribution in [1.82, 2.24) is 0 Å². The van der Waals surface area contributed by atoms with E-state index in [9.17, 15) is 38.4 Å². The molecule has 0 unspecified atom stereocenters. The first-order chi connectivity index (χ1) is 36.9. The summed E-state index contributed by atoms with van der Waals surface area (Å²) >= 11 is 0. The molecule has 78 heavy (non-hydrogen) atoms. The lowest BCUT2D eigenvalue weighted by Crippen LogP contribution is -2.16. The molecule has 0 spiro atoms. The van der Waals surface area contributed by atoms with Crippen LogP contribution in [0.15, 0.2) is 146 Å². The second kappa shape index (κ2) is 29.1. The Morgan fingerprint density at radius 3 is 0.731 bits per heavy atom. The number of esters is 8. The Morgan fingerprint density at radius 1 is 0.321 bits per heavy atom. The lowest BCUT2D eigenvalue weighted by atomic mass is 10.1. The topological polar surface area (TPSA) is 266 Å². The van der Waals surface area contributed by atoms with Gasteiger partial charge in [0.05, 0.1) is 11.1 Å². The summed E-state index contributed by atoms with van der Waals surface area (Å²) in [5, 5.41) is 0. The van der Waals surface area contributed by atoms with Crippen molar-refractivity contribution in [2.75, 3.05) is 40.8 Å². The predicted molar refractivity (Wildman–Crippen MR) is 273 cm³/mol. The van der Waals surface area contributed by atoms with Gasteiger partial charge >= 0.3 is 47.8 Å². The summed E-state index contributed by atoms with van der Waals surface area (Å²) in [6, 6.07) is 17.2. The molecule has 0 aliphatic carbocycles. The molecule has 0 aliphatic heterocycles. The second-order valence-corrected chi connectivity index (χ2v) is 16.3. The summed E-state index contributed by atoms with van der Waals surface area (Å²) < 4.78 is 75.5. The molecular formula is C56H54O22. The number of carbonyl (C=O) groups is 8. The molecular weight excluding hydrogens is 1020 g/mol. The SMILES string of the molecule is C=C(C)C(=O)OCOc1cc(C(=O)Oc2ccc(-c3ccc(OC(=O)c4cc(OCOC(=O)C(=C)C)c(OCOC(=O)C(=C)C)c(OCOC(=O)C(=C)C)c4)cc3)cc2)cc(OCOC(=O)C(=C)C)c1OCOC(=O)C(=C)C. The fourth-order valence-corrected chi connectivity index (χ4v) is 5.47. The van der Waals surface area contributed by atoms with Gasteiger partial charge in [0, 0.05) is 33.4 Å². The first-order valence-electron chi connectivity index (χ1n) is 22.7. The van der Waals surface area contributed by atoms with Crippen molar-refractivity contribution < 1.29 is 105 Å². The molecule has 0 bridgehead atoms. The first-order valence-corrected chi connectivity index (χ1v) is 22.7. The summed E-state index contributed by atoms with van der Waals surface area (Å²) in [5.74, 6) is -8.03. The van der Waals surface area contributed by atoms with E-state index in [1.165, 1.54) is 90.1 Å². The van der Waals surface area contributed by atoms with E-state index in [1.54, 1.807) is 24.3 Å². The summed E-state index contributed by atoms with van der Waals surface area (Å²) in [6.07, 6.45) is 0. The smallest absolute Gasteiger partial charge is 0.343 e. The molecule has 4 aromatic rings. The van der Waals surface area contributed by atoms with Crippen molar-refractivity contribution in [1.29, 1.82) is 0 Å². The van der Waals surface area contributed by atoms with Crippen LogP contribution in [0, 0.1) is 0 Å². The number of benzene rings is 4. The van der Waals surface area contributed by atoms with E-state index in [0.29, 0.717) is 11.1 Å². The Morgan fingerprint density at radius 2 is 0.526 bits per heavy atom. The quantitative estimate of drug-likeness (QED) is 0.0162. The molecule has 410 valence electrons. The fraction of sp³-hybridized carbons (Fsp3) is 0.214. The van der Waals surface area contributed by atoms with Gasteiger partial charge in [0.15, 0.2) is 23.0 Å². The van der Waals surface area contributed by atoms with E-state index < -0.39 is 88.5 Å². The van der Waals surface area contributed by atoms with Gasteiger partial charge in [-0.15, -0.1) is 0 Å². The van der Waals surface area contributed by atoms with Gasteiger partial charge in [-0.3, -0.25) is 0 Å². The normalized spacial score (nSPS) is 10.2. The minimum atomic E-state index is -0.942. The van der Waals surface area contributed by atoms with Crippen molar-refractivity contribution in [3.63, 3.8) is 0 Å². The van der Waals surface area contributed by atoms with Gasteiger partial charge in [-0.25, -0.2) is 38.4 Å². The standard InChI is InChI=1S/C56H54O22/c1-31(2)49(57)71-25-65-43-21-39(22-44(66-26-72-50(58)32(3)4)47(43)69-29-75-53(61)35(9)10)55(63)77-41-17-13-37(14-18-41)38-15-19-42(20-16-38)78-56(64)40-23-45(67-27-73-51(59)33(5)6)48(70-30-76-54(62)36(11)12)46(24-40)68-28-74-52(60)34(7)8/h13-24H,1,3,5,7,9,11,25-30H2,2,4,6,8,10,12H3.